The predicted molar refractivity (Wildman–Crippen MR) is 55.4 cm³/mol. The van der Waals surface area contributed by atoms with E-state index >= 15 is 0 Å². The Morgan fingerprint density at radius 3 is 2.62 bits per heavy atom. The van der Waals surface area contributed by atoms with Gasteiger partial charge >= 0.3 is 12.2 Å². The molecule has 2 aliphatic rings. The van der Waals surface area contributed by atoms with Gasteiger partial charge in [0.15, 0.2) is 0 Å². The zero-order chi connectivity index (χ0) is 12.1. The molecule has 2 amide bonds. The Bertz CT molecular complexity index is 310. The van der Waals surface area contributed by atoms with Crippen molar-refractivity contribution in [2.24, 2.45) is 5.92 Å². The highest BCUT2D eigenvalue weighted by Crippen LogP contribution is 2.42. The summed E-state index contributed by atoms with van der Waals surface area (Å²) >= 11 is 3.26. The molecule has 0 radical (unpaired) electrons. The molecule has 0 aromatic carbocycles. The first kappa shape index (κ1) is 12.0. The summed E-state index contributed by atoms with van der Waals surface area (Å²) in [4.78, 5) is 12.5. The molecule has 1 aliphatic carbocycles. The molecule has 92 valence electrons. The Morgan fingerprint density at radius 1 is 1.44 bits per heavy atom. The molecule has 16 heavy (non-hydrogen) atoms. The third-order valence-electron chi connectivity index (χ3n) is 3.37. The maximum Gasteiger partial charge on any atom is 0.391 e. The number of hydrogen-bond donors (Lipinski definition) is 1. The molecule has 7 heteroatoms. The van der Waals surface area contributed by atoms with Crippen LogP contribution in [0.3, 0.4) is 0 Å². The van der Waals surface area contributed by atoms with Crippen LogP contribution >= 0.6 is 15.9 Å². The second-order valence-corrected chi connectivity index (χ2v) is 5.56. The van der Waals surface area contributed by atoms with Crippen molar-refractivity contribution in [3.05, 3.63) is 0 Å². The van der Waals surface area contributed by atoms with Gasteiger partial charge in [-0.1, -0.05) is 15.9 Å². The summed E-state index contributed by atoms with van der Waals surface area (Å²) in [5.74, 6) is -1.33. The number of urea groups is 1. The van der Waals surface area contributed by atoms with E-state index in [0.29, 0.717) is 0 Å². The fourth-order valence-electron chi connectivity index (χ4n) is 2.53. The molecule has 3 nitrogen and oxygen atoms in total. The Balaban J connectivity index is 2.15. The SMILES string of the molecule is CN1C(=O)NC2CC(C(F)(F)F)CC(Br)C21. The second kappa shape index (κ2) is 3.78. The first-order chi connectivity index (χ1) is 7.30. The topological polar surface area (TPSA) is 32.3 Å². The van der Waals surface area contributed by atoms with Crippen molar-refractivity contribution < 1.29 is 18.0 Å². The molecule has 0 aromatic rings. The van der Waals surface area contributed by atoms with Crippen LogP contribution in [0.25, 0.3) is 0 Å². The molecule has 4 atom stereocenters. The van der Waals surface area contributed by atoms with E-state index in [1.807, 2.05) is 0 Å². The van der Waals surface area contributed by atoms with Crippen molar-refractivity contribution in [3.63, 3.8) is 0 Å². The number of likely N-dealkylation sites (N-methyl/N-ethyl adjacent to an activating group) is 1. The van der Waals surface area contributed by atoms with Gasteiger partial charge in [-0.15, -0.1) is 0 Å². The van der Waals surface area contributed by atoms with Crippen LogP contribution in [0.1, 0.15) is 12.8 Å². The first-order valence-corrected chi connectivity index (χ1v) is 5.96. The number of amides is 2. The summed E-state index contributed by atoms with van der Waals surface area (Å²) in [6.45, 7) is 0. The zero-order valence-corrected chi connectivity index (χ0v) is 10.2. The molecule has 1 saturated carbocycles. The van der Waals surface area contributed by atoms with Crippen LogP contribution in [0.15, 0.2) is 0 Å². The Morgan fingerprint density at radius 2 is 2.06 bits per heavy atom. The van der Waals surface area contributed by atoms with Crippen LogP contribution in [0.2, 0.25) is 0 Å². The summed E-state index contributed by atoms with van der Waals surface area (Å²) < 4.78 is 37.9. The number of rotatable bonds is 0. The molecule has 0 spiro atoms. The van der Waals surface area contributed by atoms with Crippen molar-refractivity contribution in [1.29, 1.82) is 0 Å². The maximum absolute atomic E-state index is 12.6. The molecule has 1 aliphatic heterocycles. The van der Waals surface area contributed by atoms with Crippen LogP contribution in [0.4, 0.5) is 18.0 Å². The fraction of sp³-hybridized carbons (Fsp3) is 0.889. The molecule has 2 fully saturated rings. The summed E-state index contributed by atoms with van der Waals surface area (Å²) in [5.41, 5.74) is 0. The van der Waals surface area contributed by atoms with Crippen molar-refractivity contribution in [1.82, 2.24) is 10.2 Å². The van der Waals surface area contributed by atoms with Gasteiger partial charge in [0.2, 0.25) is 0 Å². The molecule has 1 heterocycles. The summed E-state index contributed by atoms with van der Waals surface area (Å²) in [6, 6.07) is -0.865. The highest BCUT2D eigenvalue weighted by Gasteiger charge is 2.52. The van der Waals surface area contributed by atoms with Gasteiger partial charge in [-0.05, 0) is 12.8 Å². The van der Waals surface area contributed by atoms with Crippen LogP contribution in [0, 0.1) is 5.92 Å². The van der Waals surface area contributed by atoms with Gasteiger partial charge in [0.05, 0.1) is 18.0 Å². The lowest BCUT2D eigenvalue weighted by Crippen LogP contribution is -2.49. The predicted octanol–water partition coefficient (Wildman–Crippen LogP) is 2.11. The third-order valence-corrected chi connectivity index (χ3v) is 4.29. The van der Waals surface area contributed by atoms with E-state index in [1.165, 1.54) is 4.90 Å². The van der Waals surface area contributed by atoms with Crippen LogP contribution in [-0.4, -0.2) is 41.1 Å². The molecule has 1 N–H and O–H groups in total. The number of alkyl halides is 4. The fourth-order valence-corrected chi connectivity index (χ4v) is 3.70. The number of carbonyl (C=O) groups is 1. The summed E-state index contributed by atoms with van der Waals surface area (Å²) in [6.07, 6.45) is -4.17. The Labute approximate surface area is 99.5 Å². The van der Waals surface area contributed by atoms with Crippen molar-refractivity contribution in [2.75, 3.05) is 7.05 Å². The molecule has 1 saturated heterocycles. The number of halogens is 4. The summed E-state index contributed by atoms with van der Waals surface area (Å²) in [7, 11) is 1.61. The molecular formula is C9H12BrF3N2O. The standard InChI is InChI=1S/C9H12BrF3N2O/c1-15-7-5(10)2-4(9(11,12)13)3-6(7)14-8(15)16/h4-7H,2-3H2,1H3,(H,14,16). The van der Waals surface area contributed by atoms with Crippen molar-refractivity contribution in [2.45, 2.75) is 35.9 Å². The Kier molecular flexibility index (Phi) is 2.84. The molecular weight excluding hydrogens is 289 g/mol. The zero-order valence-electron chi connectivity index (χ0n) is 8.59. The normalized spacial score (nSPS) is 39.6. The lowest BCUT2D eigenvalue weighted by molar-refractivity contribution is -0.183. The Hall–Kier alpha value is -0.460. The smallest absolute Gasteiger partial charge is 0.333 e. The average Bonchev–Trinajstić information content (AvgIpc) is 2.41. The minimum Gasteiger partial charge on any atom is -0.333 e. The number of hydrogen-bond acceptors (Lipinski definition) is 1. The van der Waals surface area contributed by atoms with Gasteiger partial charge < -0.3 is 10.2 Å². The number of nitrogens with one attached hydrogen (secondary N) is 1. The van der Waals surface area contributed by atoms with Gasteiger partial charge in [-0.2, -0.15) is 13.2 Å². The number of carbonyl (C=O) groups excluding carboxylic acids is 1. The van der Waals surface area contributed by atoms with Crippen LogP contribution < -0.4 is 5.32 Å². The number of nitrogens with zero attached hydrogens (tertiary/aromatic N) is 1. The minimum absolute atomic E-state index is 0.0215. The quantitative estimate of drug-likeness (QED) is 0.683. The van der Waals surface area contributed by atoms with E-state index < -0.39 is 18.1 Å². The number of fused-ring (bicyclic) bond motifs is 1. The van der Waals surface area contributed by atoms with Gasteiger partial charge in [-0.3, -0.25) is 0 Å². The lowest BCUT2D eigenvalue weighted by atomic mass is 9.82. The highest BCUT2D eigenvalue weighted by molar-refractivity contribution is 9.09. The van der Waals surface area contributed by atoms with Crippen LogP contribution in [0.5, 0.6) is 0 Å². The van der Waals surface area contributed by atoms with Gasteiger partial charge in [0.25, 0.3) is 0 Å². The molecule has 4 unspecified atom stereocenters. The van der Waals surface area contributed by atoms with Gasteiger partial charge in [0.1, 0.15) is 0 Å². The summed E-state index contributed by atoms with van der Waals surface area (Å²) in [5, 5.41) is 2.60. The first-order valence-electron chi connectivity index (χ1n) is 5.05. The molecule has 2 rings (SSSR count). The van der Waals surface area contributed by atoms with E-state index in [9.17, 15) is 18.0 Å². The van der Waals surface area contributed by atoms with Gasteiger partial charge in [0, 0.05) is 11.9 Å². The molecule has 0 bridgehead atoms. The monoisotopic (exact) mass is 300 g/mol. The largest absolute Gasteiger partial charge is 0.391 e. The van der Waals surface area contributed by atoms with E-state index in [4.69, 9.17) is 0 Å². The maximum atomic E-state index is 12.6. The average molecular weight is 301 g/mol. The van der Waals surface area contributed by atoms with Crippen molar-refractivity contribution in [3.8, 4) is 0 Å². The third kappa shape index (κ3) is 1.89. The van der Waals surface area contributed by atoms with E-state index in [2.05, 4.69) is 21.2 Å². The van der Waals surface area contributed by atoms with E-state index in [0.717, 1.165) is 0 Å². The minimum atomic E-state index is -4.18. The van der Waals surface area contributed by atoms with Crippen LogP contribution in [-0.2, 0) is 0 Å². The molecule has 0 aromatic heterocycles. The van der Waals surface area contributed by atoms with E-state index in [-0.39, 0.29) is 29.7 Å². The second-order valence-electron chi connectivity index (χ2n) is 4.38. The van der Waals surface area contributed by atoms with Gasteiger partial charge in [-0.25, -0.2) is 4.79 Å². The van der Waals surface area contributed by atoms with Crippen molar-refractivity contribution >= 4 is 22.0 Å². The lowest BCUT2D eigenvalue weighted by Gasteiger charge is -2.37. The van der Waals surface area contributed by atoms with E-state index in [1.54, 1.807) is 7.05 Å². The highest BCUT2D eigenvalue weighted by atomic mass is 79.9.